The summed E-state index contributed by atoms with van der Waals surface area (Å²) in [6.07, 6.45) is 12.4. The van der Waals surface area contributed by atoms with Crippen LogP contribution in [0.2, 0.25) is 0 Å². The first-order valence-electron chi connectivity index (χ1n) is 14.2. The molecule has 0 spiro atoms. The van der Waals surface area contributed by atoms with Crippen molar-refractivity contribution in [3.63, 3.8) is 0 Å². The topological polar surface area (TPSA) is 9.23 Å². The van der Waals surface area contributed by atoms with Gasteiger partial charge in [0.25, 0.3) is 0 Å². The molecule has 5 heteroatoms. The number of hydrogen-bond acceptors (Lipinski definition) is 1. The van der Waals surface area contributed by atoms with E-state index in [1.165, 1.54) is 19.3 Å². The zero-order chi connectivity index (χ0) is 27.8. The highest BCUT2D eigenvalue weighted by Gasteiger charge is 2.26. The SMILES string of the molecule is C/C=C/C1CCC(c2ccc(-c3ccc(-c4ccc(CCCCCCCC)c(F)c4F)cc3)c(F)c2F)CO1. The number of ether oxygens (including phenoxy) is 1. The van der Waals surface area contributed by atoms with Crippen molar-refractivity contribution in [2.45, 2.75) is 83.7 Å². The van der Waals surface area contributed by atoms with Gasteiger partial charge in [0.05, 0.1) is 12.7 Å². The Kier molecular flexibility index (Phi) is 10.4. The molecule has 3 aromatic carbocycles. The number of hydrogen-bond donors (Lipinski definition) is 0. The van der Waals surface area contributed by atoms with E-state index in [1.54, 1.807) is 48.5 Å². The van der Waals surface area contributed by atoms with Crippen LogP contribution in [-0.2, 0) is 11.2 Å². The molecule has 1 aliphatic heterocycles. The Morgan fingerprint density at radius 2 is 1.33 bits per heavy atom. The maximum Gasteiger partial charge on any atom is 0.166 e. The lowest BCUT2D eigenvalue weighted by Gasteiger charge is -2.28. The predicted octanol–water partition coefficient (Wildman–Crippen LogP) is 10.3. The molecule has 3 aromatic rings. The normalized spacial score (nSPS) is 17.7. The van der Waals surface area contributed by atoms with Crippen LogP contribution in [0.1, 0.15) is 82.3 Å². The van der Waals surface area contributed by atoms with Crippen LogP contribution < -0.4 is 0 Å². The minimum Gasteiger partial charge on any atom is -0.374 e. The Morgan fingerprint density at radius 1 is 0.718 bits per heavy atom. The lowest BCUT2D eigenvalue weighted by Crippen LogP contribution is -2.24. The van der Waals surface area contributed by atoms with Crippen LogP contribution >= 0.6 is 0 Å². The first-order valence-corrected chi connectivity index (χ1v) is 14.2. The molecule has 1 aliphatic rings. The van der Waals surface area contributed by atoms with Gasteiger partial charge < -0.3 is 4.74 Å². The van der Waals surface area contributed by atoms with Crippen LogP contribution in [0.25, 0.3) is 22.3 Å². The van der Waals surface area contributed by atoms with E-state index in [0.717, 1.165) is 32.1 Å². The molecule has 4 rings (SSSR count). The number of allylic oxidation sites excluding steroid dienone is 1. The Balaban J connectivity index is 1.45. The molecule has 208 valence electrons. The van der Waals surface area contributed by atoms with Gasteiger partial charge in [0.2, 0.25) is 0 Å². The van der Waals surface area contributed by atoms with Crippen LogP contribution in [0.3, 0.4) is 0 Å². The number of rotatable bonds is 11. The molecule has 1 heterocycles. The molecular formula is C34H38F4O. The highest BCUT2D eigenvalue weighted by molar-refractivity contribution is 5.71. The minimum absolute atomic E-state index is 0.0202. The van der Waals surface area contributed by atoms with Crippen molar-refractivity contribution in [3.05, 3.63) is 95.1 Å². The van der Waals surface area contributed by atoms with Gasteiger partial charge in [-0.25, -0.2) is 17.6 Å². The van der Waals surface area contributed by atoms with Gasteiger partial charge in [0.1, 0.15) is 0 Å². The Bertz CT molecular complexity index is 1260. The van der Waals surface area contributed by atoms with Gasteiger partial charge in [-0.15, -0.1) is 0 Å². The lowest BCUT2D eigenvalue weighted by molar-refractivity contribution is 0.0317. The summed E-state index contributed by atoms with van der Waals surface area (Å²) in [5.74, 6) is -3.65. The van der Waals surface area contributed by atoms with Crippen molar-refractivity contribution in [2.24, 2.45) is 0 Å². The molecule has 2 atom stereocenters. The maximum absolute atomic E-state index is 15.1. The second kappa shape index (κ2) is 13.9. The number of aryl methyl sites for hydroxylation is 1. The van der Waals surface area contributed by atoms with E-state index in [9.17, 15) is 8.78 Å². The summed E-state index contributed by atoms with van der Waals surface area (Å²) in [5.41, 5.74) is 1.95. The van der Waals surface area contributed by atoms with Gasteiger partial charge in [-0.3, -0.25) is 0 Å². The van der Waals surface area contributed by atoms with Crippen molar-refractivity contribution in [1.82, 2.24) is 0 Å². The summed E-state index contributed by atoms with van der Waals surface area (Å²) in [4.78, 5) is 0. The fourth-order valence-electron chi connectivity index (χ4n) is 5.42. The van der Waals surface area contributed by atoms with E-state index in [0.29, 0.717) is 35.3 Å². The van der Waals surface area contributed by atoms with E-state index in [4.69, 9.17) is 4.74 Å². The molecule has 2 unspecified atom stereocenters. The van der Waals surface area contributed by atoms with Crippen molar-refractivity contribution >= 4 is 0 Å². The molecule has 0 aromatic heterocycles. The van der Waals surface area contributed by atoms with E-state index >= 15 is 8.78 Å². The molecule has 1 saturated heterocycles. The first-order chi connectivity index (χ1) is 18.9. The number of halogens is 4. The highest BCUT2D eigenvalue weighted by atomic mass is 19.2. The Morgan fingerprint density at radius 3 is 1.95 bits per heavy atom. The van der Waals surface area contributed by atoms with Gasteiger partial charge in [-0.05, 0) is 54.9 Å². The molecule has 1 fully saturated rings. The second-order valence-electron chi connectivity index (χ2n) is 10.5. The van der Waals surface area contributed by atoms with Crippen molar-refractivity contribution in [2.75, 3.05) is 6.61 Å². The van der Waals surface area contributed by atoms with Gasteiger partial charge >= 0.3 is 0 Å². The third kappa shape index (κ3) is 7.00. The molecule has 0 bridgehead atoms. The highest BCUT2D eigenvalue weighted by Crippen LogP contribution is 2.35. The maximum atomic E-state index is 15.1. The average Bonchev–Trinajstić information content (AvgIpc) is 2.95. The first kappa shape index (κ1) is 29.1. The van der Waals surface area contributed by atoms with Crippen LogP contribution in [0.15, 0.2) is 60.7 Å². The van der Waals surface area contributed by atoms with Crippen LogP contribution in [-0.4, -0.2) is 12.7 Å². The molecule has 0 amide bonds. The molecule has 0 saturated carbocycles. The monoisotopic (exact) mass is 538 g/mol. The smallest absolute Gasteiger partial charge is 0.166 e. The average molecular weight is 539 g/mol. The van der Waals surface area contributed by atoms with E-state index in [-0.39, 0.29) is 23.1 Å². The van der Waals surface area contributed by atoms with Crippen molar-refractivity contribution in [1.29, 1.82) is 0 Å². The largest absolute Gasteiger partial charge is 0.374 e. The molecule has 0 aliphatic carbocycles. The van der Waals surface area contributed by atoms with Gasteiger partial charge in [0, 0.05) is 17.0 Å². The van der Waals surface area contributed by atoms with Crippen LogP contribution in [0.4, 0.5) is 17.6 Å². The fourth-order valence-corrected chi connectivity index (χ4v) is 5.42. The summed E-state index contributed by atoms with van der Waals surface area (Å²) in [7, 11) is 0. The lowest BCUT2D eigenvalue weighted by atomic mass is 9.89. The van der Waals surface area contributed by atoms with E-state index in [1.807, 2.05) is 19.1 Å². The Labute approximate surface area is 229 Å². The molecule has 0 radical (unpaired) electrons. The number of unbranched alkanes of at least 4 members (excludes halogenated alkanes) is 5. The number of benzene rings is 3. The molecule has 0 N–H and O–H groups in total. The minimum atomic E-state index is -0.910. The second-order valence-corrected chi connectivity index (χ2v) is 10.5. The fraction of sp³-hybridized carbons (Fsp3) is 0.412. The summed E-state index contributed by atoms with van der Waals surface area (Å²) < 4.78 is 65.7. The third-order valence-corrected chi connectivity index (χ3v) is 7.74. The van der Waals surface area contributed by atoms with Crippen molar-refractivity contribution < 1.29 is 22.3 Å². The third-order valence-electron chi connectivity index (χ3n) is 7.74. The van der Waals surface area contributed by atoms with Gasteiger partial charge in [-0.2, -0.15) is 0 Å². The van der Waals surface area contributed by atoms with Crippen LogP contribution in [0.5, 0.6) is 0 Å². The summed E-state index contributed by atoms with van der Waals surface area (Å²) in [6.45, 7) is 4.44. The van der Waals surface area contributed by atoms with Gasteiger partial charge in [0.15, 0.2) is 23.3 Å². The Hall–Kier alpha value is -2.92. The summed E-state index contributed by atoms with van der Waals surface area (Å²) in [5, 5.41) is 0. The quantitative estimate of drug-likeness (QED) is 0.134. The predicted molar refractivity (Wildman–Crippen MR) is 151 cm³/mol. The van der Waals surface area contributed by atoms with E-state index in [2.05, 4.69) is 6.92 Å². The van der Waals surface area contributed by atoms with Crippen LogP contribution in [0, 0.1) is 23.3 Å². The standard InChI is InChI=1S/C34H38F4O/c1-3-5-6-7-8-9-11-25-17-19-28(32(36)31(25)35)23-12-14-24(15-13-23)29-20-21-30(34(38)33(29)37)26-16-18-27(10-4-2)39-22-26/h4,10,12-15,17,19-21,26-27H,3,5-9,11,16,18,22H2,1-2H3/b10-4+. The summed E-state index contributed by atoms with van der Waals surface area (Å²) in [6, 6.07) is 12.9. The molecule has 1 nitrogen and oxygen atoms in total. The molecule has 39 heavy (non-hydrogen) atoms. The zero-order valence-electron chi connectivity index (χ0n) is 22.9. The van der Waals surface area contributed by atoms with E-state index < -0.39 is 23.3 Å². The van der Waals surface area contributed by atoms with Crippen molar-refractivity contribution in [3.8, 4) is 22.3 Å². The zero-order valence-corrected chi connectivity index (χ0v) is 22.9. The molecular weight excluding hydrogens is 500 g/mol. The van der Waals surface area contributed by atoms with Gasteiger partial charge in [-0.1, -0.05) is 99.7 Å². The summed E-state index contributed by atoms with van der Waals surface area (Å²) >= 11 is 0.